The molecule has 1 aromatic carbocycles. The highest BCUT2D eigenvalue weighted by Crippen LogP contribution is 2.21. The summed E-state index contributed by atoms with van der Waals surface area (Å²) in [5.41, 5.74) is 1.07. The lowest BCUT2D eigenvalue weighted by Crippen LogP contribution is -2.46. The molecule has 20 heavy (non-hydrogen) atoms. The van der Waals surface area contributed by atoms with Crippen LogP contribution in [0.5, 0.6) is 0 Å². The summed E-state index contributed by atoms with van der Waals surface area (Å²) >= 11 is 3.23. The second kappa shape index (κ2) is 7.50. The van der Waals surface area contributed by atoms with Gasteiger partial charge in [0.15, 0.2) is 0 Å². The van der Waals surface area contributed by atoms with Gasteiger partial charge in [0.25, 0.3) is 0 Å². The first kappa shape index (κ1) is 15.9. The summed E-state index contributed by atoms with van der Waals surface area (Å²) in [5.74, 6) is -0.227. The number of halogens is 2. The maximum absolute atomic E-state index is 13.2. The van der Waals surface area contributed by atoms with Crippen molar-refractivity contribution in [3.8, 4) is 0 Å². The van der Waals surface area contributed by atoms with E-state index in [1.54, 1.807) is 0 Å². The Morgan fingerprint density at radius 2 is 2.35 bits per heavy atom. The number of likely N-dealkylation sites (N-methyl/N-ethyl adjacent to an activating group) is 1. The number of nitrogens with zero attached hydrogens (tertiary/aromatic N) is 1. The zero-order chi connectivity index (χ0) is 14.5. The van der Waals surface area contributed by atoms with E-state index in [9.17, 15) is 4.39 Å². The van der Waals surface area contributed by atoms with Gasteiger partial charge >= 0.3 is 0 Å². The minimum atomic E-state index is -0.227. The van der Waals surface area contributed by atoms with E-state index in [-0.39, 0.29) is 18.0 Å². The molecule has 0 bridgehead atoms. The Morgan fingerprint density at radius 1 is 1.55 bits per heavy atom. The van der Waals surface area contributed by atoms with Gasteiger partial charge in [-0.15, -0.1) is 0 Å². The molecule has 2 rings (SSSR count). The fourth-order valence-corrected chi connectivity index (χ4v) is 2.80. The van der Waals surface area contributed by atoms with E-state index in [2.05, 4.69) is 40.0 Å². The average molecular weight is 345 g/mol. The molecule has 2 atom stereocenters. The minimum Gasteiger partial charge on any atom is -0.374 e. The Kier molecular flexibility index (Phi) is 5.96. The molecular weight excluding hydrogens is 323 g/mol. The first-order chi connectivity index (χ1) is 9.60. The lowest BCUT2D eigenvalue weighted by atomic mass is 10.1. The average Bonchev–Trinajstić information content (AvgIpc) is 2.47. The van der Waals surface area contributed by atoms with Crippen LogP contribution >= 0.6 is 15.9 Å². The maximum atomic E-state index is 13.2. The summed E-state index contributed by atoms with van der Waals surface area (Å²) in [5, 5.41) is 3.46. The highest BCUT2D eigenvalue weighted by atomic mass is 79.9. The van der Waals surface area contributed by atoms with E-state index < -0.39 is 0 Å². The third kappa shape index (κ3) is 4.25. The Labute approximate surface area is 128 Å². The molecule has 1 saturated heterocycles. The number of ether oxygens (including phenoxy) is 1. The number of rotatable bonds is 5. The molecule has 1 aromatic rings. The summed E-state index contributed by atoms with van der Waals surface area (Å²) in [7, 11) is 0. The van der Waals surface area contributed by atoms with E-state index in [4.69, 9.17) is 4.74 Å². The van der Waals surface area contributed by atoms with E-state index in [0.717, 1.165) is 38.3 Å². The molecular formula is C15H22BrFN2O. The van der Waals surface area contributed by atoms with Crippen molar-refractivity contribution in [2.75, 3.05) is 32.8 Å². The molecule has 2 unspecified atom stereocenters. The fraction of sp³-hybridized carbons (Fsp3) is 0.600. The Bertz CT molecular complexity index is 444. The third-order valence-electron chi connectivity index (χ3n) is 3.77. The smallest absolute Gasteiger partial charge is 0.137 e. The van der Waals surface area contributed by atoms with Crippen LogP contribution in [0, 0.1) is 5.82 Å². The molecule has 0 aliphatic carbocycles. The third-order valence-corrected chi connectivity index (χ3v) is 4.37. The van der Waals surface area contributed by atoms with Gasteiger partial charge in [-0.3, -0.25) is 4.90 Å². The fourth-order valence-electron chi connectivity index (χ4n) is 2.40. The molecule has 1 aliphatic heterocycles. The zero-order valence-electron chi connectivity index (χ0n) is 12.0. The van der Waals surface area contributed by atoms with Gasteiger partial charge in [-0.05, 0) is 47.1 Å². The predicted octanol–water partition coefficient (Wildman–Crippen LogP) is 2.96. The summed E-state index contributed by atoms with van der Waals surface area (Å²) in [4.78, 5) is 2.40. The molecule has 0 spiro atoms. The van der Waals surface area contributed by atoms with E-state index in [0.29, 0.717) is 4.47 Å². The van der Waals surface area contributed by atoms with Crippen LogP contribution in [0.15, 0.2) is 22.7 Å². The van der Waals surface area contributed by atoms with Crippen molar-refractivity contribution >= 4 is 15.9 Å². The van der Waals surface area contributed by atoms with Crippen LogP contribution < -0.4 is 5.32 Å². The summed E-state index contributed by atoms with van der Waals surface area (Å²) in [6.07, 6.45) is 0.232. The van der Waals surface area contributed by atoms with E-state index in [1.807, 2.05) is 12.1 Å². The lowest BCUT2D eigenvalue weighted by Gasteiger charge is -2.32. The largest absolute Gasteiger partial charge is 0.374 e. The van der Waals surface area contributed by atoms with Crippen molar-refractivity contribution < 1.29 is 9.13 Å². The van der Waals surface area contributed by atoms with Crippen molar-refractivity contribution in [3.05, 3.63) is 34.1 Å². The highest BCUT2D eigenvalue weighted by molar-refractivity contribution is 9.10. The van der Waals surface area contributed by atoms with Gasteiger partial charge < -0.3 is 10.1 Å². The molecule has 0 radical (unpaired) electrons. The Balaban J connectivity index is 1.85. The molecule has 1 fully saturated rings. The zero-order valence-corrected chi connectivity index (χ0v) is 13.6. The summed E-state index contributed by atoms with van der Waals surface area (Å²) < 4.78 is 19.5. The van der Waals surface area contributed by atoms with Crippen LogP contribution in [0.3, 0.4) is 0 Å². The Morgan fingerprint density at radius 3 is 3.05 bits per heavy atom. The van der Waals surface area contributed by atoms with Crippen molar-refractivity contribution in [2.24, 2.45) is 0 Å². The number of hydrogen-bond acceptors (Lipinski definition) is 3. The van der Waals surface area contributed by atoms with Gasteiger partial charge in [0.05, 0.1) is 17.2 Å². The van der Waals surface area contributed by atoms with Gasteiger partial charge in [-0.2, -0.15) is 0 Å². The molecule has 1 N–H and O–H groups in total. The number of morpholine rings is 1. The van der Waals surface area contributed by atoms with Crippen molar-refractivity contribution in [2.45, 2.75) is 26.0 Å². The van der Waals surface area contributed by atoms with Gasteiger partial charge in [0.2, 0.25) is 0 Å². The van der Waals surface area contributed by atoms with Gasteiger partial charge in [0.1, 0.15) is 5.82 Å². The van der Waals surface area contributed by atoms with Gasteiger partial charge in [-0.25, -0.2) is 4.39 Å². The second-order valence-corrected chi connectivity index (χ2v) is 6.04. The maximum Gasteiger partial charge on any atom is 0.137 e. The first-order valence-electron chi connectivity index (χ1n) is 7.12. The Hall–Kier alpha value is -0.490. The quantitative estimate of drug-likeness (QED) is 0.888. The second-order valence-electron chi connectivity index (χ2n) is 5.19. The van der Waals surface area contributed by atoms with Crippen LogP contribution in [0.1, 0.15) is 25.5 Å². The topological polar surface area (TPSA) is 24.5 Å². The summed E-state index contributed by atoms with van der Waals surface area (Å²) in [6, 6.07) is 5.31. The molecule has 0 aromatic heterocycles. The van der Waals surface area contributed by atoms with Crippen molar-refractivity contribution in [1.29, 1.82) is 0 Å². The van der Waals surface area contributed by atoms with Crippen LogP contribution in [-0.4, -0.2) is 43.8 Å². The monoisotopic (exact) mass is 344 g/mol. The minimum absolute atomic E-state index is 0.174. The summed E-state index contributed by atoms with van der Waals surface area (Å²) in [6.45, 7) is 8.94. The van der Waals surface area contributed by atoms with Gasteiger partial charge in [-0.1, -0.05) is 13.0 Å². The lowest BCUT2D eigenvalue weighted by molar-refractivity contribution is -0.0262. The first-order valence-corrected chi connectivity index (χ1v) is 7.91. The molecule has 5 heteroatoms. The van der Waals surface area contributed by atoms with Crippen molar-refractivity contribution in [3.63, 3.8) is 0 Å². The van der Waals surface area contributed by atoms with Gasteiger partial charge in [0, 0.05) is 25.7 Å². The number of benzene rings is 1. The molecule has 1 heterocycles. The normalized spacial score (nSPS) is 21.9. The van der Waals surface area contributed by atoms with E-state index >= 15 is 0 Å². The highest BCUT2D eigenvalue weighted by Gasteiger charge is 2.19. The van der Waals surface area contributed by atoms with Crippen LogP contribution in [0.4, 0.5) is 4.39 Å². The molecule has 3 nitrogen and oxygen atoms in total. The van der Waals surface area contributed by atoms with Crippen LogP contribution in [0.2, 0.25) is 0 Å². The van der Waals surface area contributed by atoms with E-state index in [1.165, 1.54) is 6.07 Å². The number of hydrogen-bond donors (Lipinski definition) is 1. The molecule has 0 amide bonds. The van der Waals surface area contributed by atoms with Crippen LogP contribution in [0.25, 0.3) is 0 Å². The molecule has 112 valence electrons. The standard InChI is InChI=1S/C15H22BrFN2O/c1-3-19-6-7-20-13(10-19)9-18-11(2)12-4-5-15(17)14(16)8-12/h4-5,8,11,13,18H,3,6-7,9-10H2,1-2H3. The molecule has 0 saturated carbocycles. The molecule has 1 aliphatic rings. The van der Waals surface area contributed by atoms with Crippen molar-refractivity contribution in [1.82, 2.24) is 10.2 Å². The predicted molar refractivity (Wildman–Crippen MR) is 82.4 cm³/mol. The van der Waals surface area contributed by atoms with Crippen LogP contribution in [-0.2, 0) is 4.74 Å². The number of nitrogens with one attached hydrogen (secondary N) is 1. The SMILES string of the molecule is CCN1CCOC(CNC(C)c2ccc(F)c(Br)c2)C1.